The number of benzene rings is 2. The first-order chi connectivity index (χ1) is 11.0. The van der Waals surface area contributed by atoms with E-state index >= 15 is 0 Å². The van der Waals surface area contributed by atoms with Gasteiger partial charge in [0.05, 0.1) is 23.7 Å². The number of nitro benzene ring substituents is 1. The second-order valence-electron chi connectivity index (χ2n) is 4.86. The van der Waals surface area contributed by atoms with Gasteiger partial charge in [-0.25, -0.2) is 0 Å². The largest absolute Gasteiger partial charge is 0.494 e. The average Bonchev–Trinajstić information content (AvgIpc) is 2.55. The molecule has 0 fully saturated rings. The van der Waals surface area contributed by atoms with Crippen LogP contribution in [0.5, 0.6) is 5.75 Å². The minimum Gasteiger partial charge on any atom is -0.494 e. The molecule has 118 valence electrons. The van der Waals surface area contributed by atoms with E-state index in [1.54, 1.807) is 0 Å². The Bertz CT molecular complexity index is 769. The third kappa shape index (κ3) is 3.79. The van der Waals surface area contributed by atoms with E-state index < -0.39 is 4.92 Å². The molecule has 23 heavy (non-hydrogen) atoms. The van der Waals surface area contributed by atoms with E-state index in [9.17, 15) is 10.1 Å². The van der Waals surface area contributed by atoms with E-state index in [0.29, 0.717) is 0 Å². The number of nitrogens with zero attached hydrogens (tertiary/aromatic N) is 2. The van der Waals surface area contributed by atoms with Crippen LogP contribution in [0.15, 0.2) is 40.9 Å². The van der Waals surface area contributed by atoms with Crippen molar-refractivity contribution in [3.8, 4) is 11.8 Å². The molecule has 2 rings (SSSR count). The maximum Gasteiger partial charge on any atom is 0.297 e. The summed E-state index contributed by atoms with van der Waals surface area (Å²) in [6.45, 7) is 1.89. The van der Waals surface area contributed by atoms with Crippen LogP contribution in [0.1, 0.15) is 24.1 Å². The van der Waals surface area contributed by atoms with Crippen molar-refractivity contribution in [1.82, 2.24) is 0 Å². The van der Waals surface area contributed by atoms with E-state index in [2.05, 4.69) is 21.2 Å². The molecular weight excluding hydrogens is 362 g/mol. The summed E-state index contributed by atoms with van der Waals surface area (Å²) in [5.74, 6) is 0.264. The monoisotopic (exact) mass is 375 g/mol. The molecule has 0 aliphatic heterocycles. The highest BCUT2D eigenvalue weighted by molar-refractivity contribution is 9.10. The number of hydrogen-bond acceptors (Lipinski definition) is 5. The summed E-state index contributed by atoms with van der Waals surface area (Å²) in [7, 11) is 1.41. The Morgan fingerprint density at radius 2 is 2.00 bits per heavy atom. The van der Waals surface area contributed by atoms with E-state index in [4.69, 9.17) is 10.00 Å². The quantitative estimate of drug-likeness (QED) is 0.617. The zero-order chi connectivity index (χ0) is 17.0. The average molecular weight is 376 g/mol. The van der Waals surface area contributed by atoms with Crippen molar-refractivity contribution in [3.63, 3.8) is 0 Å². The predicted molar refractivity (Wildman–Crippen MR) is 90.5 cm³/mol. The van der Waals surface area contributed by atoms with Gasteiger partial charge in [-0.1, -0.05) is 28.1 Å². The van der Waals surface area contributed by atoms with Gasteiger partial charge in [-0.3, -0.25) is 10.1 Å². The van der Waals surface area contributed by atoms with Gasteiger partial charge in [-0.2, -0.15) is 5.26 Å². The van der Waals surface area contributed by atoms with Gasteiger partial charge in [0.2, 0.25) is 0 Å². The molecule has 0 radical (unpaired) electrons. The summed E-state index contributed by atoms with van der Waals surface area (Å²) < 4.78 is 6.16. The van der Waals surface area contributed by atoms with E-state index in [1.807, 2.05) is 37.3 Å². The van der Waals surface area contributed by atoms with Crippen LogP contribution in [-0.2, 0) is 0 Å². The summed E-state index contributed by atoms with van der Waals surface area (Å²) in [4.78, 5) is 10.8. The smallest absolute Gasteiger partial charge is 0.297 e. The summed E-state index contributed by atoms with van der Waals surface area (Å²) in [5.41, 5.74) is 1.21. The minimum absolute atomic E-state index is 0.176. The van der Waals surface area contributed by atoms with Gasteiger partial charge < -0.3 is 10.1 Å². The van der Waals surface area contributed by atoms with Crippen LogP contribution in [0.25, 0.3) is 0 Å². The molecule has 1 atom stereocenters. The number of nitriles is 1. The lowest BCUT2D eigenvalue weighted by Crippen LogP contribution is -2.10. The topological polar surface area (TPSA) is 88.2 Å². The molecule has 0 aromatic heterocycles. The number of rotatable bonds is 5. The number of nitro groups is 1. The lowest BCUT2D eigenvalue weighted by molar-refractivity contribution is -0.384. The highest BCUT2D eigenvalue weighted by atomic mass is 79.9. The second kappa shape index (κ2) is 7.11. The molecule has 0 heterocycles. The number of anilines is 1. The van der Waals surface area contributed by atoms with Crippen LogP contribution >= 0.6 is 15.9 Å². The van der Waals surface area contributed by atoms with E-state index in [1.165, 1.54) is 19.2 Å². The van der Waals surface area contributed by atoms with Crippen molar-refractivity contribution in [2.45, 2.75) is 13.0 Å². The molecule has 2 aromatic rings. The van der Waals surface area contributed by atoms with Crippen molar-refractivity contribution < 1.29 is 9.66 Å². The molecular formula is C16H14BrN3O3. The highest BCUT2D eigenvalue weighted by Crippen LogP contribution is 2.38. The highest BCUT2D eigenvalue weighted by Gasteiger charge is 2.22. The molecule has 1 N–H and O–H groups in total. The van der Waals surface area contributed by atoms with Gasteiger partial charge in [-0.15, -0.1) is 0 Å². The summed E-state index contributed by atoms with van der Waals surface area (Å²) in [6.07, 6.45) is 0. The van der Waals surface area contributed by atoms with Crippen LogP contribution in [0.2, 0.25) is 0 Å². The number of ether oxygens (including phenoxy) is 1. The van der Waals surface area contributed by atoms with Gasteiger partial charge >= 0.3 is 0 Å². The van der Waals surface area contributed by atoms with Crippen molar-refractivity contribution in [3.05, 3.63) is 62.1 Å². The first kappa shape index (κ1) is 16.8. The van der Waals surface area contributed by atoms with Gasteiger partial charge in [0.1, 0.15) is 5.75 Å². The lowest BCUT2D eigenvalue weighted by atomic mass is 10.1. The number of halogens is 1. The molecule has 1 unspecified atom stereocenters. The minimum atomic E-state index is -0.528. The SMILES string of the molecule is COc1cc(C#N)cc([N+](=O)[O-])c1NC(C)c1ccc(Br)cc1. The summed E-state index contributed by atoms with van der Waals surface area (Å²) >= 11 is 3.37. The summed E-state index contributed by atoms with van der Waals surface area (Å²) in [6, 6.07) is 12.1. The van der Waals surface area contributed by atoms with Gasteiger partial charge in [0.25, 0.3) is 5.69 Å². The Morgan fingerprint density at radius 1 is 1.35 bits per heavy atom. The standard InChI is InChI=1S/C16H14BrN3O3/c1-10(12-3-5-13(17)6-4-12)19-16-14(20(21)22)7-11(9-18)8-15(16)23-2/h3-8,10,19H,1-2H3. The molecule has 0 amide bonds. The maximum absolute atomic E-state index is 11.3. The van der Waals surface area contributed by atoms with Crippen LogP contribution in [-0.4, -0.2) is 12.0 Å². The number of nitrogens with one attached hydrogen (secondary N) is 1. The molecule has 0 aliphatic carbocycles. The fourth-order valence-electron chi connectivity index (χ4n) is 2.17. The van der Waals surface area contributed by atoms with E-state index in [0.717, 1.165) is 10.0 Å². The van der Waals surface area contributed by atoms with Crippen LogP contribution in [0.3, 0.4) is 0 Å². The van der Waals surface area contributed by atoms with Crippen molar-refractivity contribution in [2.75, 3.05) is 12.4 Å². The first-order valence-corrected chi connectivity index (χ1v) is 7.54. The molecule has 2 aromatic carbocycles. The molecule has 0 saturated heterocycles. The van der Waals surface area contributed by atoms with Gasteiger partial charge in [0, 0.05) is 22.6 Å². The predicted octanol–water partition coefficient (Wildman–Crippen LogP) is 4.41. The second-order valence-corrected chi connectivity index (χ2v) is 5.77. The van der Waals surface area contributed by atoms with Crippen molar-refractivity contribution >= 4 is 27.3 Å². The molecule has 0 aliphatic rings. The zero-order valence-electron chi connectivity index (χ0n) is 12.5. The fourth-order valence-corrected chi connectivity index (χ4v) is 2.43. The van der Waals surface area contributed by atoms with Crippen LogP contribution < -0.4 is 10.1 Å². The first-order valence-electron chi connectivity index (χ1n) is 6.74. The summed E-state index contributed by atoms with van der Waals surface area (Å²) in [5, 5.41) is 23.4. The van der Waals surface area contributed by atoms with Gasteiger partial charge in [-0.05, 0) is 24.6 Å². The third-order valence-electron chi connectivity index (χ3n) is 3.36. The zero-order valence-corrected chi connectivity index (χ0v) is 14.1. The molecule has 0 saturated carbocycles. The van der Waals surface area contributed by atoms with Crippen LogP contribution in [0.4, 0.5) is 11.4 Å². The number of methoxy groups -OCH3 is 1. The Balaban J connectivity index is 2.43. The Kier molecular flexibility index (Phi) is 5.19. The van der Waals surface area contributed by atoms with Crippen molar-refractivity contribution in [2.24, 2.45) is 0 Å². The third-order valence-corrected chi connectivity index (χ3v) is 3.89. The van der Waals surface area contributed by atoms with Crippen LogP contribution in [0, 0.1) is 21.4 Å². The number of hydrogen-bond donors (Lipinski definition) is 1. The molecule has 7 heteroatoms. The molecule has 0 spiro atoms. The van der Waals surface area contributed by atoms with Crippen molar-refractivity contribution in [1.29, 1.82) is 5.26 Å². The van der Waals surface area contributed by atoms with E-state index in [-0.39, 0.29) is 28.7 Å². The van der Waals surface area contributed by atoms with Gasteiger partial charge in [0.15, 0.2) is 5.69 Å². The molecule has 0 bridgehead atoms. The lowest BCUT2D eigenvalue weighted by Gasteiger charge is -2.18. The molecule has 6 nitrogen and oxygen atoms in total. The normalized spacial score (nSPS) is 11.4. The Hall–Kier alpha value is -2.59. The Morgan fingerprint density at radius 3 is 2.52 bits per heavy atom. The maximum atomic E-state index is 11.3. The fraction of sp³-hybridized carbons (Fsp3) is 0.188. The Labute approximate surface area is 142 Å².